The fraction of sp³-hybridized carbons (Fsp3) is 0.0714. The quantitative estimate of drug-likeness (QED) is 0.599. The Balaban J connectivity index is 1.89. The first-order valence-electron chi connectivity index (χ1n) is 5.33. The normalized spacial score (nSPS) is 10.8. The van der Waals surface area contributed by atoms with Gasteiger partial charge in [0.15, 0.2) is 0 Å². The Hall–Kier alpha value is -1.51. The topological polar surface area (TPSA) is 21.6 Å². The maximum Gasteiger partial charge on any atom is 0.143 e. The van der Waals surface area contributed by atoms with Gasteiger partial charge in [0.25, 0.3) is 0 Å². The van der Waals surface area contributed by atoms with Crippen molar-refractivity contribution in [3.8, 4) is 0 Å². The van der Waals surface area contributed by atoms with Gasteiger partial charge in [-0.3, -0.25) is 0 Å². The molecule has 4 heteroatoms. The van der Waals surface area contributed by atoms with E-state index < -0.39 is 0 Å². The molecule has 0 amide bonds. The SMILES string of the molecule is Clc1ccc(/[C]=N\OCc2ccccc2Cl)cc1. The first kappa shape index (κ1) is 12.9. The predicted octanol–water partition coefficient (Wildman–Crippen LogP) is 4.42. The molecule has 0 aliphatic rings. The van der Waals surface area contributed by atoms with Gasteiger partial charge in [0, 0.05) is 21.2 Å². The molecular weight excluding hydrogens is 269 g/mol. The summed E-state index contributed by atoms with van der Waals surface area (Å²) in [5.41, 5.74) is 1.69. The van der Waals surface area contributed by atoms with E-state index in [1.165, 1.54) is 0 Å². The van der Waals surface area contributed by atoms with Crippen LogP contribution in [0.1, 0.15) is 11.1 Å². The van der Waals surface area contributed by atoms with Crippen molar-refractivity contribution >= 4 is 29.4 Å². The van der Waals surface area contributed by atoms with Gasteiger partial charge in [-0.15, -0.1) is 0 Å². The zero-order valence-corrected chi connectivity index (χ0v) is 10.9. The zero-order chi connectivity index (χ0) is 12.8. The Bertz CT molecular complexity index is 538. The van der Waals surface area contributed by atoms with Gasteiger partial charge in [-0.25, -0.2) is 0 Å². The lowest BCUT2D eigenvalue weighted by Gasteiger charge is -2.01. The van der Waals surface area contributed by atoms with Gasteiger partial charge < -0.3 is 4.84 Å². The zero-order valence-electron chi connectivity index (χ0n) is 9.44. The molecule has 0 spiro atoms. The summed E-state index contributed by atoms with van der Waals surface area (Å²) in [6.45, 7) is 0.320. The van der Waals surface area contributed by atoms with Crippen LogP contribution in [0.2, 0.25) is 10.0 Å². The number of benzene rings is 2. The standard InChI is InChI=1S/C14H10Cl2NO/c15-13-7-5-11(6-8-13)9-17-18-10-12-3-1-2-4-14(12)16/h1-8H,10H2. The third-order valence-corrected chi connectivity index (χ3v) is 2.88. The number of rotatable bonds is 4. The second-order valence-electron chi connectivity index (χ2n) is 3.57. The average molecular weight is 279 g/mol. The molecule has 0 bridgehead atoms. The van der Waals surface area contributed by atoms with Crippen molar-refractivity contribution in [1.82, 2.24) is 0 Å². The Morgan fingerprint density at radius 1 is 1.00 bits per heavy atom. The predicted molar refractivity (Wildman–Crippen MR) is 74.2 cm³/mol. The second-order valence-corrected chi connectivity index (χ2v) is 4.42. The third kappa shape index (κ3) is 3.76. The maximum absolute atomic E-state index is 5.98. The van der Waals surface area contributed by atoms with E-state index in [2.05, 4.69) is 11.4 Å². The van der Waals surface area contributed by atoms with Crippen molar-refractivity contribution in [3.05, 3.63) is 69.7 Å². The average Bonchev–Trinajstić information content (AvgIpc) is 2.39. The largest absolute Gasteiger partial charge is 0.390 e. The molecule has 0 unspecified atom stereocenters. The van der Waals surface area contributed by atoms with Crippen LogP contribution in [0, 0.1) is 0 Å². The molecule has 0 aliphatic carbocycles. The molecule has 0 saturated carbocycles. The number of hydrogen-bond acceptors (Lipinski definition) is 2. The molecule has 2 aromatic rings. The first-order valence-corrected chi connectivity index (χ1v) is 6.08. The molecule has 0 N–H and O–H groups in total. The second kappa shape index (κ2) is 6.43. The van der Waals surface area contributed by atoms with E-state index >= 15 is 0 Å². The highest BCUT2D eigenvalue weighted by atomic mass is 35.5. The first-order chi connectivity index (χ1) is 8.75. The van der Waals surface area contributed by atoms with Crippen molar-refractivity contribution in [2.24, 2.45) is 5.16 Å². The Kier molecular flexibility index (Phi) is 4.62. The molecule has 0 fully saturated rings. The van der Waals surface area contributed by atoms with E-state index in [4.69, 9.17) is 28.0 Å². The molecule has 91 valence electrons. The monoisotopic (exact) mass is 278 g/mol. The summed E-state index contributed by atoms with van der Waals surface area (Å²) in [6.07, 6.45) is 2.76. The van der Waals surface area contributed by atoms with Crippen LogP contribution in [0.25, 0.3) is 0 Å². The summed E-state index contributed by atoms with van der Waals surface area (Å²) >= 11 is 11.7. The highest BCUT2D eigenvalue weighted by molar-refractivity contribution is 6.31. The molecule has 0 atom stereocenters. The van der Waals surface area contributed by atoms with E-state index in [9.17, 15) is 0 Å². The lowest BCUT2D eigenvalue weighted by atomic mass is 10.2. The molecule has 0 heterocycles. The Morgan fingerprint density at radius 2 is 1.72 bits per heavy atom. The minimum atomic E-state index is 0.320. The third-order valence-electron chi connectivity index (χ3n) is 2.26. The summed E-state index contributed by atoms with van der Waals surface area (Å²) < 4.78 is 0. The molecule has 0 aromatic heterocycles. The fourth-order valence-electron chi connectivity index (χ4n) is 1.33. The summed E-state index contributed by atoms with van der Waals surface area (Å²) in [6, 6.07) is 14.6. The van der Waals surface area contributed by atoms with Crippen LogP contribution in [0.5, 0.6) is 0 Å². The highest BCUT2D eigenvalue weighted by Gasteiger charge is 1.98. The van der Waals surface area contributed by atoms with E-state index in [0.29, 0.717) is 16.7 Å². The fourth-order valence-corrected chi connectivity index (χ4v) is 1.64. The lowest BCUT2D eigenvalue weighted by Crippen LogP contribution is -1.89. The van der Waals surface area contributed by atoms with Crippen LogP contribution in [0.3, 0.4) is 0 Å². The van der Waals surface area contributed by atoms with Crippen LogP contribution in [-0.2, 0) is 11.4 Å². The molecule has 2 aromatic carbocycles. The highest BCUT2D eigenvalue weighted by Crippen LogP contribution is 2.15. The minimum absolute atomic E-state index is 0.320. The van der Waals surface area contributed by atoms with Gasteiger partial charge in [-0.2, -0.15) is 0 Å². The van der Waals surface area contributed by atoms with Gasteiger partial charge >= 0.3 is 0 Å². The van der Waals surface area contributed by atoms with Crippen LogP contribution < -0.4 is 0 Å². The summed E-state index contributed by atoms with van der Waals surface area (Å²) in [5.74, 6) is 0. The maximum atomic E-state index is 5.98. The van der Waals surface area contributed by atoms with Gasteiger partial charge in [0.1, 0.15) is 12.8 Å². The van der Waals surface area contributed by atoms with Crippen LogP contribution in [0.4, 0.5) is 0 Å². The molecule has 2 nitrogen and oxygen atoms in total. The van der Waals surface area contributed by atoms with Gasteiger partial charge in [0.05, 0.1) is 0 Å². The van der Waals surface area contributed by atoms with Gasteiger partial charge in [0.2, 0.25) is 0 Å². The smallest absolute Gasteiger partial charge is 0.143 e. The van der Waals surface area contributed by atoms with Crippen molar-refractivity contribution in [2.75, 3.05) is 0 Å². The van der Waals surface area contributed by atoms with Crippen molar-refractivity contribution in [1.29, 1.82) is 0 Å². The molecule has 0 saturated heterocycles. The van der Waals surface area contributed by atoms with Crippen LogP contribution in [-0.4, -0.2) is 6.21 Å². The van der Waals surface area contributed by atoms with Crippen LogP contribution in [0.15, 0.2) is 53.7 Å². The van der Waals surface area contributed by atoms with Crippen LogP contribution >= 0.6 is 23.2 Å². The van der Waals surface area contributed by atoms with Gasteiger partial charge in [-0.1, -0.05) is 58.7 Å². The summed E-state index contributed by atoms with van der Waals surface area (Å²) in [5, 5.41) is 5.10. The van der Waals surface area contributed by atoms with E-state index in [1.807, 2.05) is 36.4 Å². The molecule has 2 rings (SSSR count). The van der Waals surface area contributed by atoms with E-state index in [-0.39, 0.29) is 0 Å². The molecule has 1 radical (unpaired) electrons. The molecule has 18 heavy (non-hydrogen) atoms. The van der Waals surface area contributed by atoms with Crippen molar-refractivity contribution in [3.63, 3.8) is 0 Å². The summed E-state index contributed by atoms with van der Waals surface area (Å²) in [7, 11) is 0. The number of halogens is 2. The van der Waals surface area contributed by atoms with E-state index in [1.54, 1.807) is 12.1 Å². The lowest BCUT2D eigenvalue weighted by molar-refractivity contribution is 0.132. The Morgan fingerprint density at radius 3 is 2.44 bits per heavy atom. The van der Waals surface area contributed by atoms with Gasteiger partial charge in [-0.05, 0) is 18.2 Å². The number of nitrogens with zero attached hydrogens (tertiary/aromatic N) is 1. The number of hydrogen-bond donors (Lipinski definition) is 0. The van der Waals surface area contributed by atoms with E-state index in [0.717, 1.165) is 11.1 Å². The van der Waals surface area contributed by atoms with Crippen molar-refractivity contribution < 1.29 is 4.84 Å². The minimum Gasteiger partial charge on any atom is -0.390 e. The molecule has 0 aliphatic heterocycles. The molecular formula is C14H10Cl2NO. The Labute approximate surface area is 116 Å². The van der Waals surface area contributed by atoms with Crippen molar-refractivity contribution in [2.45, 2.75) is 6.61 Å². The summed E-state index contributed by atoms with van der Waals surface area (Å²) in [4.78, 5) is 5.13.